The first-order valence-corrected chi connectivity index (χ1v) is 6.56. The number of hydrogen-bond acceptors (Lipinski definition) is 3. The van der Waals surface area contributed by atoms with Crippen LogP contribution in [0.1, 0.15) is 15.9 Å². The zero-order chi connectivity index (χ0) is 14.5. The van der Waals surface area contributed by atoms with Crippen molar-refractivity contribution in [1.29, 1.82) is 0 Å². The SMILES string of the molecule is O=C(N/N=C/c1cccnc1)c1cccc2ccccc12. The molecule has 0 atom stereocenters. The van der Waals surface area contributed by atoms with Gasteiger partial charge in [0.25, 0.3) is 5.91 Å². The van der Waals surface area contributed by atoms with Crippen LogP contribution in [0.4, 0.5) is 0 Å². The monoisotopic (exact) mass is 275 g/mol. The number of amides is 1. The fourth-order valence-electron chi connectivity index (χ4n) is 2.10. The minimum Gasteiger partial charge on any atom is -0.267 e. The zero-order valence-electron chi connectivity index (χ0n) is 11.2. The first kappa shape index (κ1) is 13.0. The lowest BCUT2D eigenvalue weighted by molar-refractivity contribution is 0.0957. The molecule has 4 nitrogen and oxygen atoms in total. The van der Waals surface area contributed by atoms with Gasteiger partial charge in [-0.2, -0.15) is 5.10 Å². The lowest BCUT2D eigenvalue weighted by Crippen LogP contribution is -2.17. The van der Waals surface area contributed by atoms with Crippen LogP contribution in [-0.4, -0.2) is 17.1 Å². The summed E-state index contributed by atoms with van der Waals surface area (Å²) in [5, 5.41) is 5.90. The summed E-state index contributed by atoms with van der Waals surface area (Å²) in [7, 11) is 0. The number of carbonyl (C=O) groups excluding carboxylic acids is 1. The number of rotatable bonds is 3. The van der Waals surface area contributed by atoms with E-state index in [4.69, 9.17) is 0 Å². The molecule has 0 radical (unpaired) electrons. The Labute approximate surface area is 122 Å². The highest BCUT2D eigenvalue weighted by Gasteiger charge is 2.08. The molecule has 0 spiro atoms. The number of carbonyl (C=O) groups is 1. The number of hydrogen-bond donors (Lipinski definition) is 1. The molecule has 1 aromatic heterocycles. The fraction of sp³-hybridized carbons (Fsp3) is 0. The van der Waals surface area contributed by atoms with Crippen LogP contribution in [0.15, 0.2) is 72.1 Å². The number of pyridine rings is 1. The highest BCUT2D eigenvalue weighted by molar-refractivity contribution is 6.07. The van der Waals surface area contributed by atoms with Gasteiger partial charge >= 0.3 is 0 Å². The Morgan fingerprint density at radius 2 is 1.90 bits per heavy atom. The van der Waals surface area contributed by atoms with E-state index in [9.17, 15) is 4.79 Å². The van der Waals surface area contributed by atoms with Gasteiger partial charge in [0.05, 0.1) is 6.21 Å². The molecule has 1 heterocycles. The minimum absolute atomic E-state index is 0.230. The molecule has 21 heavy (non-hydrogen) atoms. The summed E-state index contributed by atoms with van der Waals surface area (Å²) in [4.78, 5) is 16.2. The first-order chi connectivity index (χ1) is 10.3. The topological polar surface area (TPSA) is 54.4 Å². The fourth-order valence-corrected chi connectivity index (χ4v) is 2.10. The summed E-state index contributed by atoms with van der Waals surface area (Å²) in [6.45, 7) is 0. The highest BCUT2D eigenvalue weighted by atomic mass is 16.2. The molecule has 0 saturated heterocycles. The molecule has 0 unspecified atom stereocenters. The van der Waals surface area contributed by atoms with Crippen LogP contribution in [0.25, 0.3) is 10.8 Å². The average molecular weight is 275 g/mol. The molecule has 1 amide bonds. The van der Waals surface area contributed by atoms with Crippen LogP contribution in [-0.2, 0) is 0 Å². The van der Waals surface area contributed by atoms with E-state index in [2.05, 4.69) is 15.5 Å². The third kappa shape index (κ3) is 2.95. The molecule has 102 valence electrons. The van der Waals surface area contributed by atoms with Gasteiger partial charge in [-0.15, -0.1) is 0 Å². The van der Waals surface area contributed by atoms with Gasteiger partial charge < -0.3 is 0 Å². The van der Waals surface area contributed by atoms with E-state index in [-0.39, 0.29) is 5.91 Å². The van der Waals surface area contributed by atoms with Crippen molar-refractivity contribution in [3.63, 3.8) is 0 Å². The molecule has 0 bridgehead atoms. The van der Waals surface area contributed by atoms with Crippen molar-refractivity contribution in [2.75, 3.05) is 0 Å². The highest BCUT2D eigenvalue weighted by Crippen LogP contribution is 2.18. The van der Waals surface area contributed by atoms with Gasteiger partial charge in [-0.25, -0.2) is 5.43 Å². The maximum Gasteiger partial charge on any atom is 0.271 e. The van der Waals surface area contributed by atoms with Gasteiger partial charge in [0.15, 0.2) is 0 Å². The van der Waals surface area contributed by atoms with Crippen LogP contribution in [0.5, 0.6) is 0 Å². The lowest BCUT2D eigenvalue weighted by Gasteiger charge is -2.04. The third-order valence-corrected chi connectivity index (χ3v) is 3.10. The Morgan fingerprint density at radius 1 is 1.05 bits per heavy atom. The second-order valence-electron chi connectivity index (χ2n) is 4.51. The van der Waals surface area contributed by atoms with Gasteiger partial charge in [-0.05, 0) is 22.9 Å². The summed E-state index contributed by atoms with van der Waals surface area (Å²) in [5.41, 5.74) is 3.98. The van der Waals surface area contributed by atoms with E-state index in [0.717, 1.165) is 16.3 Å². The maximum absolute atomic E-state index is 12.2. The van der Waals surface area contributed by atoms with Gasteiger partial charge in [-0.3, -0.25) is 9.78 Å². The van der Waals surface area contributed by atoms with E-state index < -0.39 is 0 Å². The molecule has 3 aromatic rings. The molecule has 0 saturated carbocycles. The second kappa shape index (κ2) is 5.96. The second-order valence-corrected chi connectivity index (χ2v) is 4.51. The average Bonchev–Trinajstić information content (AvgIpc) is 2.55. The number of nitrogens with one attached hydrogen (secondary N) is 1. The lowest BCUT2D eigenvalue weighted by atomic mass is 10.0. The molecule has 4 heteroatoms. The third-order valence-electron chi connectivity index (χ3n) is 3.10. The standard InChI is InChI=1S/C17H13N3O/c21-17(20-19-12-13-5-4-10-18-11-13)16-9-3-7-14-6-1-2-8-15(14)16/h1-12H,(H,20,21)/b19-12+. The van der Waals surface area contributed by atoms with Crippen molar-refractivity contribution in [3.8, 4) is 0 Å². The van der Waals surface area contributed by atoms with E-state index in [1.54, 1.807) is 24.7 Å². The Bertz CT molecular complexity index is 792. The van der Waals surface area contributed by atoms with E-state index >= 15 is 0 Å². The Hall–Kier alpha value is -3.01. The summed E-state index contributed by atoms with van der Waals surface area (Å²) in [6.07, 6.45) is 4.93. The molecule has 0 aliphatic heterocycles. The Kier molecular flexibility index (Phi) is 3.69. The molecule has 0 aliphatic carbocycles. The van der Waals surface area contributed by atoms with Crippen molar-refractivity contribution in [3.05, 3.63) is 78.1 Å². The van der Waals surface area contributed by atoms with Crippen molar-refractivity contribution >= 4 is 22.9 Å². The number of fused-ring (bicyclic) bond motifs is 1. The largest absolute Gasteiger partial charge is 0.271 e. The van der Waals surface area contributed by atoms with Crippen molar-refractivity contribution in [2.45, 2.75) is 0 Å². The Morgan fingerprint density at radius 3 is 2.76 bits per heavy atom. The molecule has 1 N–H and O–H groups in total. The summed E-state index contributed by atoms with van der Waals surface area (Å²) >= 11 is 0. The van der Waals surface area contributed by atoms with Crippen LogP contribution in [0.3, 0.4) is 0 Å². The molecule has 0 fully saturated rings. The number of hydrazone groups is 1. The van der Waals surface area contributed by atoms with E-state index in [1.807, 2.05) is 48.5 Å². The number of benzene rings is 2. The predicted molar refractivity (Wildman–Crippen MR) is 83.2 cm³/mol. The summed E-state index contributed by atoms with van der Waals surface area (Å²) < 4.78 is 0. The minimum atomic E-state index is -0.230. The summed E-state index contributed by atoms with van der Waals surface area (Å²) in [5.74, 6) is -0.230. The van der Waals surface area contributed by atoms with Gasteiger partial charge in [0, 0.05) is 23.5 Å². The predicted octanol–water partition coefficient (Wildman–Crippen LogP) is 3.00. The van der Waals surface area contributed by atoms with Crippen LogP contribution >= 0.6 is 0 Å². The van der Waals surface area contributed by atoms with Gasteiger partial charge in [-0.1, -0.05) is 42.5 Å². The van der Waals surface area contributed by atoms with Crippen molar-refractivity contribution < 1.29 is 4.79 Å². The molecular weight excluding hydrogens is 262 g/mol. The van der Waals surface area contributed by atoms with Crippen LogP contribution in [0, 0.1) is 0 Å². The van der Waals surface area contributed by atoms with Crippen molar-refractivity contribution in [2.24, 2.45) is 5.10 Å². The maximum atomic E-state index is 12.2. The Balaban J connectivity index is 1.80. The zero-order valence-corrected chi connectivity index (χ0v) is 11.2. The van der Waals surface area contributed by atoms with Crippen molar-refractivity contribution in [1.82, 2.24) is 10.4 Å². The molecule has 2 aromatic carbocycles. The van der Waals surface area contributed by atoms with E-state index in [1.165, 1.54) is 0 Å². The normalized spacial score (nSPS) is 10.9. The first-order valence-electron chi connectivity index (χ1n) is 6.56. The summed E-state index contributed by atoms with van der Waals surface area (Å²) in [6, 6.07) is 17.1. The number of nitrogens with zero attached hydrogens (tertiary/aromatic N) is 2. The quantitative estimate of drug-likeness (QED) is 0.590. The van der Waals surface area contributed by atoms with Crippen LogP contribution in [0.2, 0.25) is 0 Å². The smallest absolute Gasteiger partial charge is 0.267 e. The van der Waals surface area contributed by atoms with E-state index in [0.29, 0.717) is 5.56 Å². The number of aromatic nitrogens is 1. The van der Waals surface area contributed by atoms with Gasteiger partial charge in [0.1, 0.15) is 0 Å². The van der Waals surface area contributed by atoms with Crippen LogP contribution < -0.4 is 5.43 Å². The molecule has 3 rings (SSSR count). The molecular formula is C17H13N3O. The molecule has 0 aliphatic rings. The van der Waals surface area contributed by atoms with Gasteiger partial charge in [0.2, 0.25) is 0 Å².